The van der Waals surface area contributed by atoms with E-state index in [1.165, 1.54) is 19.1 Å². The lowest BCUT2D eigenvalue weighted by molar-refractivity contribution is 0.471. The molecule has 2 aromatic rings. The van der Waals surface area contributed by atoms with Gasteiger partial charge >= 0.3 is 0 Å². The predicted molar refractivity (Wildman–Crippen MR) is 62.9 cm³/mol. The van der Waals surface area contributed by atoms with Gasteiger partial charge in [-0.25, -0.2) is 8.78 Å². The van der Waals surface area contributed by atoms with E-state index in [2.05, 4.69) is 0 Å². The fraction of sp³-hybridized carbons (Fsp3) is 0.143. The zero-order chi connectivity index (χ0) is 12.6. The zero-order valence-electron chi connectivity index (χ0n) is 9.59. The Hall–Kier alpha value is -1.90. The summed E-state index contributed by atoms with van der Waals surface area (Å²) < 4.78 is 27.2. The lowest BCUT2D eigenvalue weighted by Gasteiger charge is -2.08. The highest BCUT2D eigenvalue weighted by Crippen LogP contribution is 2.29. The van der Waals surface area contributed by atoms with Crippen molar-refractivity contribution >= 4 is 0 Å². The van der Waals surface area contributed by atoms with Crippen molar-refractivity contribution in [2.75, 3.05) is 0 Å². The van der Waals surface area contributed by atoms with Gasteiger partial charge < -0.3 is 5.11 Å². The smallest absolute Gasteiger partial charge is 0.166 e. The Morgan fingerprint density at radius 3 is 2.24 bits per heavy atom. The monoisotopic (exact) mass is 234 g/mol. The van der Waals surface area contributed by atoms with E-state index in [0.717, 1.165) is 0 Å². The molecular weight excluding hydrogens is 222 g/mol. The Labute approximate surface area is 98.3 Å². The number of hydrogen-bond acceptors (Lipinski definition) is 1. The molecule has 0 fully saturated rings. The third kappa shape index (κ3) is 2.00. The maximum absolute atomic E-state index is 13.7. The van der Waals surface area contributed by atoms with E-state index in [-0.39, 0.29) is 16.9 Å². The number of aromatic hydroxyl groups is 1. The normalized spacial score (nSPS) is 10.6. The van der Waals surface area contributed by atoms with Crippen molar-refractivity contribution in [3.05, 3.63) is 53.1 Å². The molecule has 0 saturated carbocycles. The largest absolute Gasteiger partial charge is 0.508 e. The van der Waals surface area contributed by atoms with E-state index in [1.807, 2.05) is 0 Å². The molecule has 17 heavy (non-hydrogen) atoms. The SMILES string of the molecule is Cc1cc(-c2ccc(C)c(F)c2F)ccc1O. The third-order valence-electron chi connectivity index (χ3n) is 2.78. The molecule has 0 bridgehead atoms. The Kier molecular flexibility index (Phi) is 2.84. The van der Waals surface area contributed by atoms with E-state index in [1.54, 1.807) is 25.1 Å². The first kappa shape index (κ1) is 11.6. The minimum atomic E-state index is -0.852. The van der Waals surface area contributed by atoms with Gasteiger partial charge in [0.25, 0.3) is 0 Å². The third-order valence-corrected chi connectivity index (χ3v) is 2.78. The number of phenolic OH excluding ortho intramolecular Hbond substituents is 1. The van der Waals surface area contributed by atoms with Crippen LogP contribution in [0.3, 0.4) is 0 Å². The van der Waals surface area contributed by atoms with Crippen molar-refractivity contribution in [2.45, 2.75) is 13.8 Å². The van der Waals surface area contributed by atoms with Crippen LogP contribution >= 0.6 is 0 Å². The summed E-state index contributed by atoms with van der Waals surface area (Å²) in [6.45, 7) is 3.23. The second-order valence-corrected chi connectivity index (χ2v) is 4.06. The quantitative estimate of drug-likeness (QED) is 0.792. The number of halogens is 2. The van der Waals surface area contributed by atoms with E-state index in [0.29, 0.717) is 11.1 Å². The molecule has 3 heteroatoms. The van der Waals surface area contributed by atoms with E-state index < -0.39 is 11.6 Å². The highest BCUT2D eigenvalue weighted by atomic mass is 19.2. The maximum Gasteiger partial charge on any atom is 0.166 e. The molecule has 2 aromatic carbocycles. The van der Waals surface area contributed by atoms with Crippen LogP contribution in [0.25, 0.3) is 11.1 Å². The van der Waals surface area contributed by atoms with Crippen LogP contribution in [0.2, 0.25) is 0 Å². The zero-order valence-corrected chi connectivity index (χ0v) is 9.59. The fourth-order valence-electron chi connectivity index (χ4n) is 1.69. The van der Waals surface area contributed by atoms with Gasteiger partial charge in [0.05, 0.1) is 0 Å². The lowest BCUT2D eigenvalue weighted by atomic mass is 10.0. The molecule has 0 atom stereocenters. The molecule has 88 valence electrons. The van der Waals surface area contributed by atoms with Gasteiger partial charge in [0.1, 0.15) is 5.75 Å². The molecule has 1 N–H and O–H groups in total. The standard InChI is InChI=1S/C14H12F2O/c1-8-3-5-11(14(16)13(8)15)10-4-6-12(17)9(2)7-10/h3-7,17H,1-2H3. The van der Waals surface area contributed by atoms with Crippen LogP contribution in [-0.4, -0.2) is 5.11 Å². The highest BCUT2D eigenvalue weighted by molar-refractivity contribution is 5.66. The molecule has 0 spiro atoms. The average molecular weight is 234 g/mol. The van der Waals surface area contributed by atoms with Crippen molar-refractivity contribution in [1.29, 1.82) is 0 Å². The summed E-state index contributed by atoms with van der Waals surface area (Å²) in [6.07, 6.45) is 0. The number of phenols is 1. The number of rotatable bonds is 1. The van der Waals surface area contributed by atoms with Gasteiger partial charge in [0.15, 0.2) is 11.6 Å². The van der Waals surface area contributed by atoms with Gasteiger partial charge in [-0.1, -0.05) is 18.2 Å². The second kappa shape index (κ2) is 4.17. The second-order valence-electron chi connectivity index (χ2n) is 4.06. The number of benzene rings is 2. The lowest BCUT2D eigenvalue weighted by Crippen LogP contribution is -1.93. The topological polar surface area (TPSA) is 20.2 Å². The van der Waals surface area contributed by atoms with Crippen molar-refractivity contribution in [1.82, 2.24) is 0 Å². The molecule has 2 rings (SSSR count). The Balaban J connectivity index is 2.61. The van der Waals surface area contributed by atoms with Crippen LogP contribution in [0, 0.1) is 25.5 Å². The summed E-state index contributed by atoms with van der Waals surface area (Å²) in [5.41, 5.74) is 1.66. The molecule has 1 nitrogen and oxygen atoms in total. The number of hydrogen-bond donors (Lipinski definition) is 1. The molecule has 0 unspecified atom stereocenters. The molecule has 0 heterocycles. The van der Waals surface area contributed by atoms with Crippen LogP contribution in [0.4, 0.5) is 8.78 Å². The Bertz CT molecular complexity index is 577. The molecule has 0 aliphatic heterocycles. The van der Waals surface area contributed by atoms with Crippen LogP contribution in [0.15, 0.2) is 30.3 Å². The summed E-state index contributed by atoms with van der Waals surface area (Å²) in [5, 5.41) is 9.39. The molecule has 0 amide bonds. The average Bonchev–Trinajstić information content (AvgIpc) is 2.30. The molecule has 0 aliphatic rings. The minimum Gasteiger partial charge on any atom is -0.508 e. The highest BCUT2D eigenvalue weighted by Gasteiger charge is 2.12. The van der Waals surface area contributed by atoms with Crippen molar-refractivity contribution in [2.24, 2.45) is 0 Å². The van der Waals surface area contributed by atoms with Crippen molar-refractivity contribution in [3.63, 3.8) is 0 Å². The van der Waals surface area contributed by atoms with Gasteiger partial charge in [0, 0.05) is 5.56 Å². The van der Waals surface area contributed by atoms with Gasteiger partial charge in [-0.2, -0.15) is 0 Å². The van der Waals surface area contributed by atoms with Gasteiger partial charge in [-0.15, -0.1) is 0 Å². The Morgan fingerprint density at radius 2 is 1.59 bits per heavy atom. The van der Waals surface area contributed by atoms with Crippen molar-refractivity contribution < 1.29 is 13.9 Å². The van der Waals surface area contributed by atoms with Crippen molar-refractivity contribution in [3.8, 4) is 16.9 Å². The summed E-state index contributed by atoms with van der Waals surface area (Å²) >= 11 is 0. The minimum absolute atomic E-state index is 0.141. The van der Waals surface area contributed by atoms with Gasteiger partial charge in [-0.3, -0.25) is 0 Å². The molecule has 0 aromatic heterocycles. The van der Waals surface area contributed by atoms with Crippen LogP contribution in [0.5, 0.6) is 5.75 Å². The first-order valence-corrected chi connectivity index (χ1v) is 5.25. The molecule has 0 aliphatic carbocycles. The van der Waals surface area contributed by atoms with Gasteiger partial charge in [-0.05, 0) is 42.7 Å². The van der Waals surface area contributed by atoms with Crippen LogP contribution < -0.4 is 0 Å². The predicted octanol–water partition coefficient (Wildman–Crippen LogP) is 3.95. The van der Waals surface area contributed by atoms with E-state index in [9.17, 15) is 13.9 Å². The first-order valence-electron chi connectivity index (χ1n) is 5.25. The molecule has 0 radical (unpaired) electrons. The van der Waals surface area contributed by atoms with Gasteiger partial charge in [0.2, 0.25) is 0 Å². The maximum atomic E-state index is 13.7. The first-order chi connectivity index (χ1) is 8.00. The fourth-order valence-corrected chi connectivity index (χ4v) is 1.69. The van der Waals surface area contributed by atoms with Crippen LogP contribution in [-0.2, 0) is 0 Å². The Morgan fingerprint density at radius 1 is 0.882 bits per heavy atom. The summed E-state index contributed by atoms with van der Waals surface area (Å²) in [6, 6.07) is 7.75. The van der Waals surface area contributed by atoms with E-state index in [4.69, 9.17) is 0 Å². The van der Waals surface area contributed by atoms with Crippen LogP contribution in [0.1, 0.15) is 11.1 Å². The number of aryl methyl sites for hydroxylation is 2. The summed E-state index contributed by atoms with van der Waals surface area (Å²) in [7, 11) is 0. The summed E-state index contributed by atoms with van der Waals surface area (Å²) in [4.78, 5) is 0. The van der Waals surface area contributed by atoms with E-state index >= 15 is 0 Å². The molecular formula is C14H12F2O. The summed E-state index contributed by atoms with van der Waals surface area (Å²) in [5.74, 6) is -1.54. The molecule has 0 saturated heterocycles.